The molecule has 0 aliphatic rings. The van der Waals surface area contributed by atoms with Gasteiger partial charge in [-0.2, -0.15) is 5.10 Å². The maximum absolute atomic E-state index is 11.8. The lowest BCUT2D eigenvalue weighted by Crippen LogP contribution is -2.13. The predicted octanol–water partition coefficient (Wildman–Crippen LogP) is 1.12. The average molecular weight is 270 g/mol. The van der Waals surface area contributed by atoms with Crippen LogP contribution in [0.25, 0.3) is 11.5 Å². The van der Waals surface area contributed by atoms with Crippen molar-refractivity contribution in [3.8, 4) is 11.5 Å². The fourth-order valence-electron chi connectivity index (χ4n) is 1.58. The average Bonchev–Trinajstić information content (AvgIpc) is 3.09. The van der Waals surface area contributed by atoms with Crippen molar-refractivity contribution in [1.29, 1.82) is 0 Å². The van der Waals surface area contributed by atoms with Crippen LogP contribution in [0, 0.1) is 0 Å². The molecule has 1 amide bonds. The summed E-state index contributed by atoms with van der Waals surface area (Å²) < 4.78 is 6.88. The van der Waals surface area contributed by atoms with Crippen LogP contribution in [0.4, 0.5) is 6.01 Å². The minimum atomic E-state index is -0.407. The highest BCUT2D eigenvalue weighted by Gasteiger charge is 2.14. The Morgan fingerprint density at radius 2 is 2.05 bits per heavy atom. The Kier molecular flexibility index (Phi) is 2.96. The first kappa shape index (κ1) is 12.0. The minimum absolute atomic E-state index is 0.0208. The largest absolute Gasteiger partial charge is 0.403 e. The molecule has 0 saturated heterocycles. The summed E-state index contributed by atoms with van der Waals surface area (Å²) in [7, 11) is 1.73. The highest BCUT2D eigenvalue weighted by atomic mass is 16.4. The zero-order valence-corrected chi connectivity index (χ0v) is 10.5. The summed E-state index contributed by atoms with van der Waals surface area (Å²) in [5.41, 5.74) is 1.00. The zero-order valence-electron chi connectivity index (χ0n) is 10.5. The lowest BCUT2D eigenvalue weighted by molar-refractivity contribution is 0.101. The number of hydrogen-bond donors (Lipinski definition) is 1. The molecule has 0 aromatic carbocycles. The van der Waals surface area contributed by atoms with Gasteiger partial charge in [-0.1, -0.05) is 5.10 Å². The van der Waals surface area contributed by atoms with Crippen LogP contribution >= 0.6 is 0 Å². The van der Waals surface area contributed by atoms with Gasteiger partial charge in [-0.3, -0.25) is 19.8 Å². The van der Waals surface area contributed by atoms with Gasteiger partial charge in [-0.15, -0.1) is 5.10 Å². The third-order valence-corrected chi connectivity index (χ3v) is 2.52. The first-order valence-corrected chi connectivity index (χ1v) is 5.77. The fraction of sp³-hybridized carbons (Fsp3) is 0.0833. The Morgan fingerprint density at radius 1 is 1.25 bits per heavy atom. The van der Waals surface area contributed by atoms with Crippen LogP contribution < -0.4 is 5.32 Å². The van der Waals surface area contributed by atoms with Crippen molar-refractivity contribution >= 4 is 11.9 Å². The van der Waals surface area contributed by atoms with Gasteiger partial charge < -0.3 is 4.42 Å². The van der Waals surface area contributed by atoms with E-state index in [1.54, 1.807) is 43.8 Å². The number of aryl methyl sites for hydroxylation is 1. The summed E-state index contributed by atoms with van der Waals surface area (Å²) in [5, 5.41) is 14.1. The van der Waals surface area contributed by atoms with E-state index in [0.717, 1.165) is 5.56 Å². The Hall–Kier alpha value is -3.03. The van der Waals surface area contributed by atoms with E-state index in [0.29, 0.717) is 5.89 Å². The Morgan fingerprint density at radius 3 is 2.75 bits per heavy atom. The lowest BCUT2D eigenvalue weighted by atomic mass is 10.3. The molecule has 0 spiro atoms. The Balaban J connectivity index is 1.76. The van der Waals surface area contributed by atoms with Gasteiger partial charge in [-0.05, 0) is 18.2 Å². The summed E-state index contributed by atoms with van der Waals surface area (Å²) in [5.74, 6) is -0.0979. The lowest BCUT2D eigenvalue weighted by Gasteiger charge is -1.96. The molecule has 0 atom stereocenters. The third-order valence-electron chi connectivity index (χ3n) is 2.52. The summed E-state index contributed by atoms with van der Waals surface area (Å²) in [4.78, 5) is 15.7. The van der Waals surface area contributed by atoms with Crippen LogP contribution in [0.15, 0.2) is 41.2 Å². The van der Waals surface area contributed by atoms with Crippen molar-refractivity contribution in [2.75, 3.05) is 5.32 Å². The number of pyridine rings is 1. The molecule has 0 radical (unpaired) electrons. The number of carbonyl (C=O) groups excluding carboxylic acids is 1. The van der Waals surface area contributed by atoms with E-state index >= 15 is 0 Å². The molecule has 0 aliphatic carbocycles. The standard InChI is InChI=1S/C12H10N6O2/c1-18-7-4-9(17-18)10(19)14-12-16-15-11(20-12)8-2-5-13-6-3-8/h2-7H,1H3,(H,14,16,19). The van der Waals surface area contributed by atoms with E-state index in [1.165, 1.54) is 4.68 Å². The highest BCUT2D eigenvalue weighted by Crippen LogP contribution is 2.18. The monoisotopic (exact) mass is 270 g/mol. The molecule has 3 aromatic heterocycles. The van der Waals surface area contributed by atoms with E-state index in [-0.39, 0.29) is 11.7 Å². The number of anilines is 1. The molecule has 8 nitrogen and oxygen atoms in total. The van der Waals surface area contributed by atoms with Crippen molar-refractivity contribution in [2.24, 2.45) is 7.05 Å². The fourth-order valence-corrected chi connectivity index (χ4v) is 1.58. The second-order valence-electron chi connectivity index (χ2n) is 3.98. The Labute approximate surface area is 113 Å². The van der Waals surface area contributed by atoms with E-state index in [4.69, 9.17) is 4.42 Å². The van der Waals surface area contributed by atoms with Crippen LogP contribution in [0.2, 0.25) is 0 Å². The molecular weight excluding hydrogens is 260 g/mol. The first-order valence-electron chi connectivity index (χ1n) is 5.77. The van der Waals surface area contributed by atoms with Crippen LogP contribution in [0.1, 0.15) is 10.5 Å². The maximum Gasteiger partial charge on any atom is 0.322 e. The number of aromatic nitrogens is 5. The topological polar surface area (TPSA) is 98.7 Å². The van der Waals surface area contributed by atoms with E-state index in [9.17, 15) is 4.79 Å². The number of carbonyl (C=O) groups is 1. The molecule has 0 fully saturated rings. The highest BCUT2D eigenvalue weighted by molar-refractivity contribution is 6.01. The number of amides is 1. The second-order valence-corrected chi connectivity index (χ2v) is 3.98. The van der Waals surface area contributed by atoms with Crippen molar-refractivity contribution in [3.05, 3.63) is 42.5 Å². The van der Waals surface area contributed by atoms with Gasteiger partial charge in [-0.25, -0.2) is 0 Å². The van der Waals surface area contributed by atoms with Gasteiger partial charge in [0, 0.05) is 31.2 Å². The van der Waals surface area contributed by atoms with Crippen LogP contribution in [-0.4, -0.2) is 30.9 Å². The zero-order chi connectivity index (χ0) is 13.9. The summed E-state index contributed by atoms with van der Waals surface area (Å²) in [6.45, 7) is 0. The van der Waals surface area contributed by atoms with Crippen molar-refractivity contribution in [3.63, 3.8) is 0 Å². The van der Waals surface area contributed by atoms with Gasteiger partial charge in [0.25, 0.3) is 5.91 Å². The van der Waals surface area contributed by atoms with Crippen molar-refractivity contribution in [2.45, 2.75) is 0 Å². The first-order chi connectivity index (χ1) is 9.72. The van der Waals surface area contributed by atoms with Crippen LogP contribution in [0.3, 0.4) is 0 Å². The molecule has 8 heteroatoms. The molecule has 20 heavy (non-hydrogen) atoms. The number of hydrogen-bond acceptors (Lipinski definition) is 6. The minimum Gasteiger partial charge on any atom is -0.403 e. The molecule has 3 aromatic rings. The van der Waals surface area contributed by atoms with Gasteiger partial charge >= 0.3 is 6.01 Å². The van der Waals surface area contributed by atoms with E-state index < -0.39 is 5.91 Å². The summed E-state index contributed by atoms with van der Waals surface area (Å²) in [6, 6.07) is 5.08. The van der Waals surface area contributed by atoms with Crippen LogP contribution in [-0.2, 0) is 7.05 Å². The smallest absolute Gasteiger partial charge is 0.322 e. The molecule has 0 aliphatic heterocycles. The van der Waals surface area contributed by atoms with Gasteiger partial charge in [0.05, 0.1) is 0 Å². The second kappa shape index (κ2) is 4.92. The molecule has 100 valence electrons. The quantitative estimate of drug-likeness (QED) is 0.765. The van der Waals surface area contributed by atoms with E-state index in [2.05, 4.69) is 25.6 Å². The summed E-state index contributed by atoms with van der Waals surface area (Å²) >= 11 is 0. The molecule has 3 heterocycles. The molecule has 1 N–H and O–H groups in total. The predicted molar refractivity (Wildman–Crippen MR) is 68.7 cm³/mol. The molecule has 0 unspecified atom stereocenters. The van der Waals surface area contributed by atoms with Crippen LogP contribution in [0.5, 0.6) is 0 Å². The van der Waals surface area contributed by atoms with Gasteiger partial charge in [0.15, 0.2) is 5.69 Å². The molecular formula is C12H10N6O2. The number of nitrogens with one attached hydrogen (secondary N) is 1. The molecule has 0 saturated carbocycles. The number of rotatable bonds is 3. The molecule has 3 rings (SSSR count). The van der Waals surface area contributed by atoms with E-state index in [1.807, 2.05) is 0 Å². The summed E-state index contributed by atoms with van der Waals surface area (Å²) in [6.07, 6.45) is 4.91. The normalized spacial score (nSPS) is 10.4. The third kappa shape index (κ3) is 2.39. The van der Waals surface area contributed by atoms with Gasteiger partial charge in [0.1, 0.15) is 0 Å². The SMILES string of the molecule is Cn1ccc(C(=O)Nc2nnc(-c3ccncc3)o2)n1. The van der Waals surface area contributed by atoms with Crippen molar-refractivity contribution in [1.82, 2.24) is 25.0 Å². The number of nitrogens with zero attached hydrogens (tertiary/aromatic N) is 5. The van der Waals surface area contributed by atoms with Gasteiger partial charge in [0.2, 0.25) is 5.89 Å². The Bertz CT molecular complexity index is 733. The molecule has 0 bridgehead atoms. The maximum atomic E-state index is 11.8. The van der Waals surface area contributed by atoms with Crippen molar-refractivity contribution < 1.29 is 9.21 Å².